The van der Waals surface area contributed by atoms with Crippen LogP contribution in [0.5, 0.6) is 0 Å². The molecule has 1 aliphatic carbocycles. The van der Waals surface area contributed by atoms with E-state index >= 15 is 0 Å². The molecule has 0 aliphatic heterocycles. The average molecular weight is 275 g/mol. The van der Waals surface area contributed by atoms with E-state index in [0.717, 1.165) is 36.1 Å². The van der Waals surface area contributed by atoms with Crippen LogP contribution in [0.2, 0.25) is 0 Å². The Hall–Kier alpha value is -2.17. The zero-order valence-corrected chi connectivity index (χ0v) is 10.9. The summed E-state index contributed by atoms with van der Waals surface area (Å²) in [6, 6.07) is 3.31. The fourth-order valence-electron chi connectivity index (χ4n) is 2.57. The molecule has 0 fully saturated rings. The van der Waals surface area contributed by atoms with Gasteiger partial charge in [0.25, 0.3) is 5.91 Å². The maximum Gasteiger partial charge on any atom is 0.272 e. The van der Waals surface area contributed by atoms with Gasteiger partial charge in [-0.2, -0.15) is 0 Å². The zero-order chi connectivity index (χ0) is 14.3. The average Bonchev–Trinajstić information content (AvgIpc) is 2.93. The first-order chi connectivity index (χ1) is 9.56. The Morgan fingerprint density at radius 3 is 2.85 bits per heavy atom. The lowest BCUT2D eigenvalue weighted by molar-refractivity contribution is 0.101. The number of nitrogens with zero attached hydrogens (tertiary/aromatic N) is 1. The van der Waals surface area contributed by atoms with Crippen molar-refractivity contribution in [1.29, 1.82) is 0 Å². The van der Waals surface area contributed by atoms with Gasteiger partial charge in [0, 0.05) is 25.0 Å². The van der Waals surface area contributed by atoms with Crippen LogP contribution in [0.25, 0.3) is 0 Å². The molecule has 3 rings (SSSR count). The largest absolute Gasteiger partial charge is 0.346 e. The molecule has 1 aromatic carbocycles. The van der Waals surface area contributed by atoms with Gasteiger partial charge >= 0.3 is 0 Å². The smallest absolute Gasteiger partial charge is 0.272 e. The molecule has 0 bridgehead atoms. The lowest BCUT2D eigenvalue weighted by Crippen LogP contribution is -2.17. The zero-order valence-electron chi connectivity index (χ0n) is 10.9. The summed E-state index contributed by atoms with van der Waals surface area (Å²) in [5.74, 6) is -2.22. The minimum Gasteiger partial charge on any atom is -0.346 e. The molecule has 2 aromatic rings. The van der Waals surface area contributed by atoms with E-state index in [1.165, 1.54) is 6.07 Å². The molecule has 1 aliphatic rings. The standard InChI is InChI=1S/C15H13F2N2O/c1-19-8-9-3-2-4-11(9)14(19)15(20)18-10-5-6-12(16)13(17)7-10/h3,5-8H,2,4H2,1H3,(H,18,20). The number of halogens is 2. The Balaban J connectivity index is 1.88. The van der Waals surface area contributed by atoms with Crippen LogP contribution in [0.4, 0.5) is 14.5 Å². The van der Waals surface area contributed by atoms with Gasteiger partial charge in [0.05, 0.1) is 0 Å². The van der Waals surface area contributed by atoms with Gasteiger partial charge in [0.2, 0.25) is 0 Å². The van der Waals surface area contributed by atoms with Crippen LogP contribution in [0, 0.1) is 18.1 Å². The molecule has 5 heteroatoms. The second-order valence-electron chi connectivity index (χ2n) is 4.85. The highest BCUT2D eigenvalue weighted by Gasteiger charge is 2.23. The number of amides is 1. The molecule has 0 unspecified atom stereocenters. The minimum absolute atomic E-state index is 0.242. The summed E-state index contributed by atoms with van der Waals surface area (Å²) in [5.41, 5.74) is 2.89. The van der Waals surface area contributed by atoms with Crippen molar-refractivity contribution in [3.05, 3.63) is 59.3 Å². The van der Waals surface area contributed by atoms with Crippen molar-refractivity contribution in [2.45, 2.75) is 12.8 Å². The molecule has 0 saturated heterocycles. The summed E-state index contributed by atoms with van der Waals surface area (Å²) in [6.07, 6.45) is 5.75. The lowest BCUT2D eigenvalue weighted by Gasteiger charge is -2.08. The van der Waals surface area contributed by atoms with E-state index in [1.54, 1.807) is 11.6 Å². The number of rotatable bonds is 2. The lowest BCUT2D eigenvalue weighted by atomic mass is 10.1. The van der Waals surface area contributed by atoms with Crippen molar-refractivity contribution in [1.82, 2.24) is 4.57 Å². The number of hydrogen-bond donors (Lipinski definition) is 1. The summed E-state index contributed by atoms with van der Waals surface area (Å²) in [7, 11) is 1.80. The third-order valence-electron chi connectivity index (χ3n) is 3.47. The summed E-state index contributed by atoms with van der Waals surface area (Å²) >= 11 is 0. The van der Waals surface area contributed by atoms with Crippen LogP contribution in [0.1, 0.15) is 28.0 Å². The molecule has 1 N–H and O–H groups in total. The van der Waals surface area contributed by atoms with E-state index in [9.17, 15) is 13.6 Å². The summed E-state index contributed by atoms with van der Waals surface area (Å²) in [6.45, 7) is 0. The number of anilines is 1. The number of carbonyl (C=O) groups excluding carboxylic acids is 1. The highest BCUT2D eigenvalue weighted by Crippen LogP contribution is 2.28. The van der Waals surface area contributed by atoms with Gasteiger partial charge in [-0.25, -0.2) is 8.78 Å². The first kappa shape index (κ1) is 12.8. The maximum atomic E-state index is 13.1. The monoisotopic (exact) mass is 275 g/mol. The first-order valence-electron chi connectivity index (χ1n) is 6.34. The number of aryl methyl sites for hydroxylation is 1. The number of nitrogens with one attached hydrogen (secondary N) is 1. The van der Waals surface area contributed by atoms with E-state index in [0.29, 0.717) is 5.69 Å². The number of benzene rings is 1. The van der Waals surface area contributed by atoms with Crippen molar-refractivity contribution in [2.75, 3.05) is 5.32 Å². The highest BCUT2D eigenvalue weighted by molar-refractivity contribution is 6.04. The Morgan fingerprint density at radius 1 is 1.30 bits per heavy atom. The van der Waals surface area contributed by atoms with E-state index in [4.69, 9.17) is 0 Å². The molecule has 0 saturated carbocycles. The van der Waals surface area contributed by atoms with Gasteiger partial charge in [-0.05, 0) is 42.5 Å². The summed E-state index contributed by atoms with van der Waals surface area (Å²) in [4.78, 5) is 12.3. The van der Waals surface area contributed by atoms with Crippen molar-refractivity contribution >= 4 is 11.6 Å². The molecular formula is C15H13F2N2O. The first-order valence-corrected chi connectivity index (χ1v) is 6.34. The predicted molar refractivity (Wildman–Crippen MR) is 71.4 cm³/mol. The third kappa shape index (κ3) is 2.09. The molecule has 103 valence electrons. The van der Waals surface area contributed by atoms with Gasteiger partial charge in [-0.15, -0.1) is 0 Å². The van der Waals surface area contributed by atoms with Crippen LogP contribution < -0.4 is 5.32 Å². The van der Waals surface area contributed by atoms with Gasteiger partial charge in [0.1, 0.15) is 5.69 Å². The topological polar surface area (TPSA) is 34.0 Å². The fourth-order valence-corrected chi connectivity index (χ4v) is 2.57. The number of aromatic nitrogens is 1. The van der Waals surface area contributed by atoms with E-state index < -0.39 is 11.6 Å². The fraction of sp³-hybridized carbons (Fsp3) is 0.200. The van der Waals surface area contributed by atoms with Crippen LogP contribution in [0.3, 0.4) is 0 Å². The molecule has 1 heterocycles. The third-order valence-corrected chi connectivity index (χ3v) is 3.47. The maximum absolute atomic E-state index is 13.1. The van der Waals surface area contributed by atoms with Crippen molar-refractivity contribution in [3.8, 4) is 0 Å². The van der Waals surface area contributed by atoms with E-state index in [-0.39, 0.29) is 11.6 Å². The van der Waals surface area contributed by atoms with Gasteiger partial charge < -0.3 is 9.88 Å². The second kappa shape index (κ2) is 4.74. The van der Waals surface area contributed by atoms with Crippen molar-refractivity contribution in [3.63, 3.8) is 0 Å². The van der Waals surface area contributed by atoms with Crippen molar-refractivity contribution in [2.24, 2.45) is 7.05 Å². The molecule has 1 radical (unpaired) electrons. The van der Waals surface area contributed by atoms with Crippen LogP contribution >= 0.6 is 0 Å². The molecule has 3 nitrogen and oxygen atoms in total. The summed E-state index contributed by atoms with van der Waals surface area (Å²) < 4.78 is 27.8. The summed E-state index contributed by atoms with van der Waals surface area (Å²) in [5, 5.41) is 2.60. The van der Waals surface area contributed by atoms with E-state index in [2.05, 4.69) is 11.7 Å². The predicted octanol–water partition coefficient (Wildman–Crippen LogP) is 3.05. The van der Waals surface area contributed by atoms with Gasteiger partial charge in [0.15, 0.2) is 11.6 Å². The molecule has 20 heavy (non-hydrogen) atoms. The molecule has 1 aromatic heterocycles. The highest BCUT2D eigenvalue weighted by atomic mass is 19.2. The molecule has 0 atom stereocenters. The Labute approximate surface area is 115 Å². The second-order valence-corrected chi connectivity index (χ2v) is 4.85. The number of fused-ring (bicyclic) bond motifs is 1. The number of hydrogen-bond acceptors (Lipinski definition) is 1. The normalized spacial score (nSPS) is 13.3. The SMILES string of the molecule is Cn1cc2c(c1C(=O)Nc1ccc(F)c(F)c1)CC[CH]2. The molecular weight excluding hydrogens is 262 g/mol. The molecule has 1 amide bonds. The minimum atomic E-state index is -0.978. The van der Waals surface area contributed by atoms with Gasteiger partial charge in [-0.3, -0.25) is 4.79 Å². The quantitative estimate of drug-likeness (QED) is 0.898. The molecule has 0 spiro atoms. The number of carbonyl (C=O) groups is 1. The van der Waals surface area contributed by atoms with Crippen LogP contribution in [-0.4, -0.2) is 10.5 Å². The Bertz CT molecular complexity index is 691. The van der Waals surface area contributed by atoms with Crippen molar-refractivity contribution < 1.29 is 13.6 Å². The van der Waals surface area contributed by atoms with Gasteiger partial charge in [-0.1, -0.05) is 0 Å². The Morgan fingerprint density at radius 2 is 2.10 bits per heavy atom. The Kier molecular flexibility index (Phi) is 3.04. The van der Waals surface area contributed by atoms with E-state index in [1.807, 2.05) is 6.20 Å². The van der Waals surface area contributed by atoms with Crippen LogP contribution in [0.15, 0.2) is 24.4 Å². The van der Waals surface area contributed by atoms with Crippen LogP contribution in [-0.2, 0) is 13.5 Å².